The minimum absolute atomic E-state index is 0.0849. The summed E-state index contributed by atoms with van der Waals surface area (Å²) < 4.78 is 0. The van der Waals surface area contributed by atoms with Crippen molar-refractivity contribution in [2.45, 2.75) is 19.4 Å². The largest absolute Gasteiger partial charge is 0.383 e. The van der Waals surface area contributed by atoms with Gasteiger partial charge >= 0.3 is 0 Å². The third-order valence-electron chi connectivity index (χ3n) is 3.55. The van der Waals surface area contributed by atoms with Crippen LogP contribution in [0, 0.1) is 0 Å². The molecule has 4 N–H and O–H groups in total. The second-order valence-corrected chi connectivity index (χ2v) is 6.04. The van der Waals surface area contributed by atoms with Crippen LogP contribution in [0.1, 0.15) is 29.5 Å². The summed E-state index contributed by atoms with van der Waals surface area (Å²) in [4.78, 5) is 27.5. The monoisotopic (exact) mass is 356 g/mol. The van der Waals surface area contributed by atoms with Gasteiger partial charge in [0, 0.05) is 24.0 Å². The van der Waals surface area contributed by atoms with Crippen molar-refractivity contribution in [3.05, 3.63) is 53.1 Å². The average Bonchev–Trinajstić information content (AvgIpc) is 3.02. The fraction of sp³-hybridized carbons (Fsp3) is 0.176. The van der Waals surface area contributed by atoms with Crippen molar-refractivity contribution in [1.82, 2.24) is 25.3 Å². The van der Waals surface area contributed by atoms with Gasteiger partial charge in [-0.3, -0.25) is 4.79 Å². The molecular weight excluding hydrogens is 340 g/mol. The summed E-state index contributed by atoms with van der Waals surface area (Å²) >= 11 is 5.90. The van der Waals surface area contributed by atoms with Gasteiger partial charge in [-0.2, -0.15) is 0 Å². The lowest BCUT2D eigenvalue weighted by Crippen LogP contribution is -2.32. The lowest BCUT2D eigenvalue weighted by molar-refractivity contribution is 0.0931. The van der Waals surface area contributed by atoms with E-state index in [-0.39, 0.29) is 17.8 Å². The van der Waals surface area contributed by atoms with Crippen molar-refractivity contribution in [1.29, 1.82) is 0 Å². The number of imidazole rings is 1. The molecular formula is C17H17ClN6O. The van der Waals surface area contributed by atoms with E-state index in [2.05, 4.69) is 25.3 Å². The maximum Gasteiger partial charge on any atom is 0.287 e. The van der Waals surface area contributed by atoms with E-state index in [0.717, 1.165) is 11.1 Å². The number of hydrogen-bond acceptors (Lipinski definition) is 5. The Bertz CT molecular complexity index is 903. The fourth-order valence-corrected chi connectivity index (χ4v) is 2.47. The second-order valence-electron chi connectivity index (χ2n) is 5.60. The van der Waals surface area contributed by atoms with Gasteiger partial charge in [0.25, 0.3) is 5.91 Å². The highest BCUT2D eigenvalue weighted by Gasteiger charge is 2.13. The van der Waals surface area contributed by atoms with E-state index in [4.69, 9.17) is 17.3 Å². The number of nitrogens with zero attached hydrogens (tertiary/aromatic N) is 3. The quantitative estimate of drug-likeness (QED) is 0.651. The van der Waals surface area contributed by atoms with Crippen LogP contribution in [0.15, 0.2) is 36.7 Å². The smallest absolute Gasteiger partial charge is 0.287 e. The van der Waals surface area contributed by atoms with Crippen LogP contribution in [0.5, 0.6) is 0 Å². The zero-order valence-electron chi connectivity index (χ0n) is 13.5. The normalized spacial score (nSPS) is 12.6. The van der Waals surface area contributed by atoms with Crippen molar-refractivity contribution < 1.29 is 4.79 Å². The van der Waals surface area contributed by atoms with E-state index in [0.29, 0.717) is 22.9 Å². The summed E-state index contributed by atoms with van der Waals surface area (Å²) in [6.45, 7) is 1.91. The van der Waals surface area contributed by atoms with Gasteiger partial charge in [0.2, 0.25) is 0 Å². The first-order chi connectivity index (χ1) is 12.0. The summed E-state index contributed by atoms with van der Waals surface area (Å²) in [5.74, 6) is 0.378. The van der Waals surface area contributed by atoms with Gasteiger partial charge in [0.1, 0.15) is 5.82 Å². The number of aromatic nitrogens is 4. The molecule has 0 saturated carbocycles. The van der Waals surface area contributed by atoms with Crippen molar-refractivity contribution in [2.75, 3.05) is 5.73 Å². The number of nitrogens with two attached hydrogens (primary N) is 1. The molecule has 25 heavy (non-hydrogen) atoms. The lowest BCUT2D eigenvalue weighted by Gasteiger charge is -2.10. The molecule has 0 spiro atoms. The highest BCUT2D eigenvalue weighted by Crippen LogP contribution is 2.16. The Morgan fingerprint density at radius 2 is 2.32 bits per heavy atom. The summed E-state index contributed by atoms with van der Waals surface area (Å²) in [5, 5.41) is 3.41. The van der Waals surface area contributed by atoms with Gasteiger partial charge < -0.3 is 16.0 Å². The number of anilines is 1. The number of carbonyl (C=O) groups excluding carboxylic acids is 1. The zero-order valence-corrected chi connectivity index (χ0v) is 14.3. The third-order valence-corrected chi connectivity index (χ3v) is 3.76. The molecule has 3 heterocycles. The number of carbonyl (C=O) groups is 1. The molecule has 8 heteroatoms. The van der Waals surface area contributed by atoms with Crippen molar-refractivity contribution >= 4 is 40.6 Å². The van der Waals surface area contributed by atoms with E-state index >= 15 is 0 Å². The molecule has 0 saturated heterocycles. The number of pyridine rings is 2. The van der Waals surface area contributed by atoms with Gasteiger partial charge in [-0.05, 0) is 31.5 Å². The molecule has 3 aromatic heterocycles. The number of fused-ring (bicyclic) bond motifs is 1. The van der Waals surface area contributed by atoms with Crippen molar-refractivity contribution in [3.63, 3.8) is 0 Å². The number of aromatic amines is 1. The average molecular weight is 357 g/mol. The topological polar surface area (TPSA) is 110 Å². The highest BCUT2D eigenvalue weighted by atomic mass is 35.5. The molecule has 128 valence electrons. The predicted octanol–water partition coefficient (Wildman–Crippen LogP) is 2.81. The summed E-state index contributed by atoms with van der Waals surface area (Å²) in [6, 6.07) is 5.26. The van der Waals surface area contributed by atoms with E-state index in [1.54, 1.807) is 18.3 Å². The molecule has 1 amide bonds. The summed E-state index contributed by atoms with van der Waals surface area (Å²) in [5.41, 5.74) is 7.78. The molecule has 0 aliphatic heterocycles. The Kier molecular flexibility index (Phi) is 4.95. The van der Waals surface area contributed by atoms with Gasteiger partial charge in [-0.1, -0.05) is 23.8 Å². The molecule has 0 fully saturated rings. The van der Waals surface area contributed by atoms with E-state index in [9.17, 15) is 4.79 Å². The van der Waals surface area contributed by atoms with Crippen LogP contribution in [-0.4, -0.2) is 31.9 Å². The van der Waals surface area contributed by atoms with Crippen LogP contribution in [0.3, 0.4) is 0 Å². The number of hydrogen-bond donors (Lipinski definition) is 3. The van der Waals surface area contributed by atoms with E-state index < -0.39 is 0 Å². The van der Waals surface area contributed by atoms with Crippen molar-refractivity contribution in [3.8, 4) is 0 Å². The maximum atomic E-state index is 12.3. The molecule has 0 radical (unpaired) electrons. The van der Waals surface area contributed by atoms with Gasteiger partial charge in [-0.25, -0.2) is 15.0 Å². The Hall–Kier alpha value is -2.93. The van der Waals surface area contributed by atoms with E-state index in [1.165, 1.54) is 6.20 Å². The third kappa shape index (κ3) is 4.13. The van der Waals surface area contributed by atoms with Gasteiger partial charge in [-0.15, -0.1) is 0 Å². The molecule has 3 aromatic rings. The number of nitrogen functional groups attached to an aromatic ring is 1. The highest BCUT2D eigenvalue weighted by molar-refractivity contribution is 6.30. The van der Waals surface area contributed by atoms with Crippen LogP contribution in [-0.2, 0) is 0 Å². The molecule has 0 aromatic carbocycles. The lowest BCUT2D eigenvalue weighted by atomic mass is 10.1. The minimum atomic E-state index is -0.275. The predicted molar refractivity (Wildman–Crippen MR) is 98.1 cm³/mol. The first-order valence-electron chi connectivity index (χ1n) is 7.72. The molecule has 0 unspecified atom stereocenters. The van der Waals surface area contributed by atoms with Crippen LogP contribution in [0.25, 0.3) is 17.2 Å². The minimum Gasteiger partial charge on any atom is -0.383 e. The Labute approximate surface area is 149 Å². The first kappa shape index (κ1) is 16.9. The Morgan fingerprint density at radius 1 is 1.48 bits per heavy atom. The van der Waals surface area contributed by atoms with Gasteiger partial charge in [0.05, 0.1) is 10.5 Å². The number of rotatable bonds is 5. The molecule has 0 aliphatic carbocycles. The summed E-state index contributed by atoms with van der Waals surface area (Å²) in [7, 11) is 0. The maximum absolute atomic E-state index is 12.3. The number of amides is 1. The van der Waals surface area contributed by atoms with E-state index in [1.807, 2.05) is 25.1 Å². The molecule has 1 atom stereocenters. The number of nitrogens with one attached hydrogen (secondary N) is 2. The zero-order chi connectivity index (χ0) is 17.8. The standard InChI is InChI=1S/C17H17ClN6O/c1-10(4-2-5-11-8-12(18)9-21-14(11)19)22-17(25)16-23-13-6-3-7-20-15(13)24-16/h2-3,5-10H,4H2,1H3,(H2,19,21)(H,22,25)(H,20,23,24)/b5-2+/t10-/m0/s1. The molecule has 3 rings (SSSR count). The van der Waals surface area contributed by atoms with Crippen LogP contribution >= 0.6 is 11.6 Å². The van der Waals surface area contributed by atoms with Crippen LogP contribution in [0.2, 0.25) is 5.02 Å². The number of H-pyrrole nitrogens is 1. The Balaban J connectivity index is 1.60. The van der Waals surface area contributed by atoms with Gasteiger partial charge in [0.15, 0.2) is 11.5 Å². The van der Waals surface area contributed by atoms with Crippen LogP contribution in [0.4, 0.5) is 5.82 Å². The molecule has 7 nitrogen and oxygen atoms in total. The number of halogens is 1. The first-order valence-corrected chi connectivity index (χ1v) is 8.10. The molecule has 0 bridgehead atoms. The SMILES string of the molecule is C[C@@H](C/C=C/c1cc(Cl)cnc1N)NC(=O)c1nc2ncccc2[nH]1. The van der Waals surface area contributed by atoms with Crippen LogP contribution < -0.4 is 11.1 Å². The second kappa shape index (κ2) is 7.31. The van der Waals surface area contributed by atoms with Crippen molar-refractivity contribution in [2.24, 2.45) is 0 Å². The fourth-order valence-electron chi connectivity index (χ4n) is 2.30. The summed E-state index contributed by atoms with van der Waals surface area (Å²) in [6.07, 6.45) is 7.50. The molecule has 0 aliphatic rings. The Morgan fingerprint density at radius 3 is 3.12 bits per heavy atom.